The fourth-order valence-corrected chi connectivity index (χ4v) is 5.07. The quantitative estimate of drug-likeness (QED) is 0.500. The van der Waals surface area contributed by atoms with Crippen molar-refractivity contribution in [2.45, 2.75) is 25.4 Å². The molecule has 1 fully saturated rings. The van der Waals surface area contributed by atoms with Gasteiger partial charge in [0.05, 0.1) is 6.42 Å². The Morgan fingerprint density at radius 1 is 0.974 bits per heavy atom. The Kier molecular flexibility index (Phi) is 7.53. The molecule has 9 nitrogen and oxygen atoms in total. The van der Waals surface area contributed by atoms with Crippen molar-refractivity contribution in [1.82, 2.24) is 14.8 Å². The van der Waals surface area contributed by atoms with Crippen LogP contribution < -0.4 is 10.2 Å². The van der Waals surface area contributed by atoms with Crippen LogP contribution in [0.1, 0.15) is 27.9 Å². The topological polar surface area (TPSA) is 106 Å². The maximum Gasteiger partial charge on any atom is 0.305 e. The fraction of sp³-hybridized carbons (Fsp3) is 0.310. The molecule has 2 amide bonds. The Morgan fingerprint density at radius 3 is 2.42 bits per heavy atom. The number of hydrogen-bond donors (Lipinski definition) is 2. The highest BCUT2D eigenvalue weighted by Crippen LogP contribution is 2.27. The van der Waals surface area contributed by atoms with Crippen molar-refractivity contribution in [3.63, 3.8) is 0 Å². The molecule has 9 heteroatoms. The lowest BCUT2D eigenvalue weighted by Gasteiger charge is -2.36. The highest BCUT2D eigenvalue weighted by Gasteiger charge is 2.31. The number of carbonyl (C=O) groups is 3. The monoisotopic (exact) mass is 513 g/mol. The molecule has 0 bridgehead atoms. The number of anilines is 2. The lowest BCUT2D eigenvalue weighted by Crippen LogP contribution is -2.48. The number of nitrogens with zero attached hydrogens (tertiary/aromatic N) is 4. The number of amides is 2. The third-order valence-corrected chi connectivity index (χ3v) is 7.14. The predicted octanol–water partition coefficient (Wildman–Crippen LogP) is 2.88. The summed E-state index contributed by atoms with van der Waals surface area (Å²) in [7, 11) is 0. The van der Waals surface area contributed by atoms with E-state index < -0.39 is 12.0 Å². The normalized spacial score (nSPS) is 17.4. The van der Waals surface area contributed by atoms with E-state index in [0.717, 1.165) is 29.9 Å². The summed E-state index contributed by atoms with van der Waals surface area (Å²) >= 11 is 0. The number of rotatable bonds is 7. The molecule has 38 heavy (non-hydrogen) atoms. The number of carbonyl (C=O) groups excluding carboxylic acids is 2. The highest BCUT2D eigenvalue weighted by molar-refractivity contribution is 5.96. The van der Waals surface area contributed by atoms with Gasteiger partial charge in [-0.2, -0.15) is 0 Å². The Bertz CT molecular complexity index is 1290. The molecule has 3 aromatic rings. The first-order valence-electron chi connectivity index (χ1n) is 12.9. The van der Waals surface area contributed by atoms with Crippen molar-refractivity contribution in [1.29, 1.82) is 0 Å². The zero-order valence-electron chi connectivity index (χ0n) is 21.1. The second-order valence-corrected chi connectivity index (χ2v) is 9.65. The summed E-state index contributed by atoms with van der Waals surface area (Å²) in [4.78, 5) is 48.1. The van der Waals surface area contributed by atoms with E-state index >= 15 is 0 Å². The van der Waals surface area contributed by atoms with Crippen molar-refractivity contribution in [3.05, 3.63) is 89.7 Å². The molecule has 196 valence electrons. The maximum absolute atomic E-state index is 13.4. The van der Waals surface area contributed by atoms with E-state index in [1.165, 1.54) is 0 Å². The number of carboxylic acid groups (broad SMARTS) is 1. The zero-order valence-corrected chi connectivity index (χ0v) is 21.1. The zero-order chi connectivity index (χ0) is 26.5. The summed E-state index contributed by atoms with van der Waals surface area (Å²) in [6, 6.07) is 18.3. The highest BCUT2D eigenvalue weighted by atomic mass is 16.4. The first-order chi connectivity index (χ1) is 18.5. The molecule has 1 aromatic heterocycles. The van der Waals surface area contributed by atoms with E-state index in [4.69, 9.17) is 0 Å². The summed E-state index contributed by atoms with van der Waals surface area (Å²) in [5, 5.41) is 12.5. The molecule has 0 radical (unpaired) electrons. The lowest BCUT2D eigenvalue weighted by molar-refractivity contribution is -0.141. The van der Waals surface area contributed by atoms with Crippen molar-refractivity contribution >= 4 is 29.2 Å². The van der Waals surface area contributed by atoms with Crippen LogP contribution >= 0.6 is 0 Å². The van der Waals surface area contributed by atoms with Crippen LogP contribution in [0.25, 0.3) is 0 Å². The fourth-order valence-electron chi connectivity index (χ4n) is 5.07. The van der Waals surface area contributed by atoms with Gasteiger partial charge in [0.15, 0.2) is 0 Å². The van der Waals surface area contributed by atoms with Gasteiger partial charge in [0.2, 0.25) is 5.91 Å². The SMILES string of the molecule is O=C(O)C[C@H]1Nc2ccc(C(=O)N3CCN(c4ccncc4)CC3)cc2CN(CCc2ccccc2)C1=O. The van der Waals surface area contributed by atoms with Gasteiger partial charge in [-0.05, 0) is 47.9 Å². The molecule has 1 saturated heterocycles. The number of fused-ring (bicyclic) bond motifs is 1. The smallest absolute Gasteiger partial charge is 0.305 e. The molecule has 1 atom stereocenters. The van der Waals surface area contributed by atoms with Gasteiger partial charge in [0.1, 0.15) is 6.04 Å². The van der Waals surface area contributed by atoms with Crippen LogP contribution in [0, 0.1) is 0 Å². The van der Waals surface area contributed by atoms with Crippen LogP contribution in [0.15, 0.2) is 73.1 Å². The number of aliphatic carboxylic acids is 1. The molecule has 2 aliphatic rings. The second kappa shape index (κ2) is 11.3. The van der Waals surface area contributed by atoms with Gasteiger partial charge in [-0.15, -0.1) is 0 Å². The molecule has 2 aromatic carbocycles. The molecule has 5 rings (SSSR count). The van der Waals surface area contributed by atoms with E-state index in [2.05, 4.69) is 15.2 Å². The molecule has 2 aliphatic heterocycles. The van der Waals surface area contributed by atoms with Gasteiger partial charge in [0.25, 0.3) is 5.91 Å². The standard InChI is InChI=1S/C29H31N5O4/c35-27(36)19-26-29(38)34(13-10-21-4-2-1-3-5-21)20-23-18-22(6-7-25(23)31-26)28(37)33-16-14-32(15-17-33)24-8-11-30-12-9-24/h1-9,11-12,18,26,31H,10,13-17,19-20H2,(H,35,36)/t26-/m1/s1. The van der Waals surface area contributed by atoms with Crippen molar-refractivity contribution in [3.8, 4) is 0 Å². The summed E-state index contributed by atoms with van der Waals surface area (Å²) in [6.07, 6.45) is 3.88. The average molecular weight is 514 g/mol. The van der Waals surface area contributed by atoms with E-state index in [9.17, 15) is 19.5 Å². The molecular weight excluding hydrogens is 482 g/mol. The lowest BCUT2D eigenvalue weighted by atomic mass is 10.1. The Labute approximate surface area is 221 Å². The summed E-state index contributed by atoms with van der Waals surface area (Å²) in [5.74, 6) is -1.34. The van der Waals surface area contributed by atoms with Gasteiger partial charge < -0.3 is 25.1 Å². The molecule has 0 spiro atoms. The molecule has 2 N–H and O–H groups in total. The summed E-state index contributed by atoms with van der Waals surface area (Å²) < 4.78 is 0. The second-order valence-electron chi connectivity index (χ2n) is 9.65. The van der Waals surface area contributed by atoms with E-state index in [0.29, 0.717) is 43.9 Å². The summed E-state index contributed by atoms with van der Waals surface area (Å²) in [6.45, 7) is 3.45. The first-order valence-corrected chi connectivity index (χ1v) is 12.9. The van der Waals surface area contributed by atoms with Crippen LogP contribution in [-0.4, -0.2) is 76.4 Å². The number of piperazine rings is 1. The molecule has 0 saturated carbocycles. The molecule has 3 heterocycles. The minimum absolute atomic E-state index is 0.0457. The van der Waals surface area contributed by atoms with Crippen molar-refractivity contribution in [2.24, 2.45) is 0 Å². The minimum atomic E-state index is -1.04. The van der Waals surface area contributed by atoms with Gasteiger partial charge >= 0.3 is 5.97 Å². The van der Waals surface area contributed by atoms with Crippen LogP contribution in [0.5, 0.6) is 0 Å². The largest absolute Gasteiger partial charge is 0.481 e. The summed E-state index contributed by atoms with van der Waals surface area (Å²) in [5.41, 5.74) is 4.25. The number of carboxylic acids is 1. The number of hydrogen-bond acceptors (Lipinski definition) is 6. The van der Waals surface area contributed by atoms with Gasteiger partial charge in [-0.25, -0.2) is 0 Å². The number of nitrogens with one attached hydrogen (secondary N) is 1. The average Bonchev–Trinajstić information content (AvgIpc) is 3.08. The predicted molar refractivity (Wildman–Crippen MR) is 144 cm³/mol. The Hall–Kier alpha value is -4.40. The van der Waals surface area contributed by atoms with Crippen LogP contribution in [0.4, 0.5) is 11.4 Å². The first kappa shape index (κ1) is 25.3. The van der Waals surface area contributed by atoms with Crippen molar-refractivity contribution in [2.75, 3.05) is 42.9 Å². The number of pyridine rings is 1. The van der Waals surface area contributed by atoms with Gasteiger partial charge in [-0.3, -0.25) is 19.4 Å². The minimum Gasteiger partial charge on any atom is -0.481 e. The number of aromatic nitrogens is 1. The third-order valence-electron chi connectivity index (χ3n) is 7.14. The number of benzene rings is 2. The van der Waals surface area contributed by atoms with Crippen LogP contribution in [0.2, 0.25) is 0 Å². The maximum atomic E-state index is 13.4. The van der Waals surface area contributed by atoms with E-state index in [1.54, 1.807) is 29.4 Å². The van der Waals surface area contributed by atoms with E-state index in [1.807, 2.05) is 53.4 Å². The Morgan fingerprint density at radius 2 is 1.71 bits per heavy atom. The molecule has 0 aliphatic carbocycles. The van der Waals surface area contributed by atoms with Crippen LogP contribution in [0.3, 0.4) is 0 Å². The Balaban J connectivity index is 1.32. The van der Waals surface area contributed by atoms with Crippen molar-refractivity contribution < 1.29 is 19.5 Å². The third kappa shape index (κ3) is 5.77. The van der Waals surface area contributed by atoms with Crippen LogP contribution in [-0.2, 0) is 22.6 Å². The van der Waals surface area contributed by atoms with Gasteiger partial charge in [-0.1, -0.05) is 30.3 Å². The molecular formula is C29H31N5O4. The van der Waals surface area contributed by atoms with Gasteiger partial charge in [0, 0.05) is 68.6 Å². The molecule has 0 unspecified atom stereocenters. The van der Waals surface area contributed by atoms with E-state index in [-0.39, 0.29) is 18.2 Å².